The van der Waals surface area contributed by atoms with Crippen LogP contribution in [0.5, 0.6) is 0 Å². The van der Waals surface area contributed by atoms with E-state index in [1.165, 1.54) is 24.3 Å². The Bertz CT molecular complexity index is 742. The molecule has 2 bridgehead atoms. The zero-order valence-electron chi connectivity index (χ0n) is 11.6. The first kappa shape index (κ1) is 15.4. The van der Waals surface area contributed by atoms with Crippen molar-refractivity contribution in [3.63, 3.8) is 0 Å². The van der Waals surface area contributed by atoms with Gasteiger partial charge in [0.1, 0.15) is 0 Å². The molecule has 3 aromatic rings. The summed E-state index contributed by atoms with van der Waals surface area (Å²) in [5, 5.41) is 16.8. The Labute approximate surface area is 126 Å². The number of carbonyl (C=O) groups is 2. The van der Waals surface area contributed by atoms with E-state index in [1.54, 1.807) is 4.57 Å². The van der Waals surface area contributed by atoms with Gasteiger partial charge in [-0.1, -0.05) is 5.23 Å². The Balaban J connectivity index is 0.000000847. The molecule has 0 saturated heterocycles. The van der Waals surface area contributed by atoms with Crippen molar-refractivity contribution in [3.05, 3.63) is 72.8 Å². The van der Waals surface area contributed by atoms with Gasteiger partial charge >= 0.3 is 5.91 Å². The minimum Gasteiger partial charge on any atom is -0.277 e. The number of nitrogens with zero attached hydrogens (tertiary/aromatic N) is 2. The van der Waals surface area contributed by atoms with E-state index < -0.39 is 11.1 Å². The van der Waals surface area contributed by atoms with Crippen LogP contribution < -0.4 is 0 Å². The predicted octanol–water partition coefficient (Wildman–Crippen LogP) is 2.79. The van der Waals surface area contributed by atoms with E-state index in [0.717, 1.165) is 11.0 Å². The Kier molecular flexibility index (Phi) is 4.36. The number of benzene rings is 2. The predicted molar refractivity (Wildman–Crippen MR) is 80.3 cm³/mol. The second-order valence-electron chi connectivity index (χ2n) is 4.33. The molecule has 0 unspecified atom stereocenters. The molecule has 6 heteroatoms. The van der Waals surface area contributed by atoms with E-state index >= 15 is 0 Å². The Hall–Kier alpha value is -2.96. The lowest BCUT2D eigenvalue weighted by molar-refractivity contribution is -0.260. The van der Waals surface area contributed by atoms with Crippen LogP contribution in [0, 0.1) is 0 Å². The summed E-state index contributed by atoms with van der Waals surface area (Å²) in [5.74, 6) is -1.16. The second-order valence-corrected chi connectivity index (χ2v) is 4.33. The van der Waals surface area contributed by atoms with E-state index in [-0.39, 0.29) is 11.5 Å². The number of hydrogen-bond donors (Lipinski definition) is 2. The fraction of sp³-hybridized carbons (Fsp3) is 0. The molecule has 2 aromatic heterocycles. The molecule has 0 saturated carbocycles. The molecule has 0 atom stereocenters. The van der Waals surface area contributed by atoms with Gasteiger partial charge in [0.2, 0.25) is 0 Å². The van der Waals surface area contributed by atoms with Gasteiger partial charge in [-0.3, -0.25) is 24.6 Å². The molecular weight excluding hydrogens is 284 g/mol. The fourth-order valence-corrected chi connectivity index (χ4v) is 2.13. The van der Waals surface area contributed by atoms with Crippen molar-refractivity contribution >= 4 is 22.8 Å². The molecule has 0 aliphatic heterocycles. The highest BCUT2D eigenvalue weighted by molar-refractivity contribution is 6.03. The van der Waals surface area contributed by atoms with Gasteiger partial charge in [0, 0.05) is 22.2 Å². The summed E-state index contributed by atoms with van der Waals surface area (Å²) in [7, 11) is 0. The van der Waals surface area contributed by atoms with Crippen LogP contribution >= 0.6 is 0 Å². The quantitative estimate of drug-likeness (QED) is 0.433. The van der Waals surface area contributed by atoms with Gasteiger partial charge in [0.25, 0.3) is 5.91 Å². The number of hydrogen-bond acceptors (Lipinski definition) is 4. The first-order valence-corrected chi connectivity index (χ1v) is 6.35. The number of carbonyl (C=O) groups excluding carboxylic acids is 2. The van der Waals surface area contributed by atoms with Crippen molar-refractivity contribution in [1.29, 1.82) is 0 Å². The molecule has 3 rings (SSSR count). The van der Waals surface area contributed by atoms with E-state index in [4.69, 9.17) is 10.4 Å². The highest BCUT2D eigenvalue weighted by atomic mass is 16.8. The largest absolute Gasteiger partial charge is 0.303 e. The number of rotatable bonds is 2. The average Bonchev–Trinajstić information content (AvgIpc) is 3.15. The number of amides is 1. The molecule has 0 fully saturated rings. The highest BCUT2D eigenvalue weighted by Gasteiger charge is 2.16. The Morgan fingerprint density at radius 2 is 1.23 bits per heavy atom. The standard InChI is InChI=1S/C14H10N2O4.C2H4/c17-13(15-11-5-6-12(15)8-7-11)9-1-3-10(4-2-9)14(18)16(19)20;1-2/h1-8,19-20H;1-2H2. The molecular formula is C16H14N2O4. The summed E-state index contributed by atoms with van der Waals surface area (Å²) in [5.41, 5.74) is 2.10. The molecule has 0 aliphatic rings. The van der Waals surface area contributed by atoms with Gasteiger partial charge in [-0.25, -0.2) is 0 Å². The maximum atomic E-state index is 12.3. The Morgan fingerprint density at radius 3 is 1.64 bits per heavy atom. The van der Waals surface area contributed by atoms with E-state index in [2.05, 4.69) is 13.2 Å². The SMILES string of the molecule is C=C.O=C(c1ccc(C(=O)n2c3ccc2cc3)cc1)N(O)O. The van der Waals surface area contributed by atoms with Crippen LogP contribution in [0.3, 0.4) is 0 Å². The third-order valence-electron chi connectivity index (χ3n) is 3.13. The molecule has 2 heterocycles. The third-order valence-corrected chi connectivity index (χ3v) is 3.13. The van der Waals surface area contributed by atoms with Crippen molar-refractivity contribution in [2.45, 2.75) is 0 Å². The number of aromatic nitrogens is 1. The molecule has 1 aromatic carbocycles. The maximum Gasteiger partial charge on any atom is 0.303 e. The number of hydroxylamine groups is 2. The highest BCUT2D eigenvalue weighted by Crippen LogP contribution is 2.19. The van der Waals surface area contributed by atoms with Gasteiger partial charge in [-0.2, -0.15) is 0 Å². The molecule has 0 radical (unpaired) electrons. The summed E-state index contributed by atoms with van der Waals surface area (Å²) in [4.78, 5) is 23.6. The first-order valence-electron chi connectivity index (χ1n) is 6.35. The van der Waals surface area contributed by atoms with Gasteiger partial charge in [-0.05, 0) is 48.5 Å². The van der Waals surface area contributed by atoms with E-state index in [9.17, 15) is 9.59 Å². The van der Waals surface area contributed by atoms with Crippen LogP contribution in [0.15, 0.2) is 61.7 Å². The van der Waals surface area contributed by atoms with E-state index in [0.29, 0.717) is 5.56 Å². The van der Waals surface area contributed by atoms with E-state index in [1.807, 2.05) is 24.3 Å². The second kappa shape index (κ2) is 6.21. The minimum absolute atomic E-state index is 0.0764. The zero-order chi connectivity index (χ0) is 16.3. The zero-order valence-corrected chi connectivity index (χ0v) is 11.6. The lowest BCUT2D eigenvalue weighted by Gasteiger charge is -2.07. The summed E-state index contributed by atoms with van der Waals surface area (Å²) in [6.07, 6.45) is 0. The lowest BCUT2D eigenvalue weighted by atomic mass is 10.1. The summed E-state index contributed by atoms with van der Waals surface area (Å²) in [6, 6.07) is 13.1. The van der Waals surface area contributed by atoms with Crippen LogP contribution in [-0.2, 0) is 0 Å². The summed E-state index contributed by atoms with van der Waals surface area (Å²) in [6.45, 7) is 6.00. The normalized spacial score (nSPS) is 10.1. The van der Waals surface area contributed by atoms with Crippen molar-refractivity contribution < 1.29 is 20.0 Å². The molecule has 22 heavy (non-hydrogen) atoms. The molecule has 0 aliphatic carbocycles. The summed E-state index contributed by atoms with van der Waals surface area (Å²) < 4.78 is 1.57. The minimum atomic E-state index is -0.961. The van der Waals surface area contributed by atoms with Crippen molar-refractivity contribution in [2.24, 2.45) is 0 Å². The smallest absolute Gasteiger partial charge is 0.277 e. The summed E-state index contributed by atoms with van der Waals surface area (Å²) >= 11 is 0. The van der Waals surface area contributed by atoms with Crippen molar-refractivity contribution in [2.75, 3.05) is 0 Å². The van der Waals surface area contributed by atoms with Crippen molar-refractivity contribution in [1.82, 2.24) is 9.79 Å². The molecule has 0 spiro atoms. The number of fused-ring (bicyclic) bond motifs is 2. The van der Waals surface area contributed by atoms with Crippen LogP contribution in [0.4, 0.5) is 0 Å². The molecule has 2 N–H and O–H groups in total. The molecule has 112 valence electrons. The lowest BCUT2D eigenvalue weighted by Crippen LogP contribution is -2.23. The average molecular weight is 298 g/mol. The first-order chi connectivity index (χ1) is 10.6. The maximum absolute atomic E-state index is 12.3. The molecule has 1 amide bonds. The van der Waals surface area contributed by atoms with Gasteiger partial charge < -0.3 is 0 Å². The van der Waals surface area contributed by atoms with Crippen LogP contribution in [0.25, 0.3) is 11.0 Å². The van der Waals surface area contributed by atoms with Gasteiger partial charge in [0.05, 0.1) is 0 Å². The van der Waals surface area contributed by atoms with Gasteiger partial charge in [-0.15, -0.1) is 13.2 Å². The monoisotopic (exact) mass is 298 g/mol. The topological polar surface area (TPSA) is 82.8 Å². The Morgan fingerprint density at radius 1 is 0.818 bits per heavy atom. The van der Waals surface area contributed by atoms with Crippen LogP contribution in [0.1, 0.15) is 20.7 Å². The molecule has 6 nitrogen and oxygen atoms in total. The van der Waals surface area contributed by atoms with Crippen LogP contribution in [-0.4, -0.2) is 32.0 Å². The van der Waals surface area contributed by atoms with Crippen LogP contribution in [0.2, 0.25) is 0 Å². The van der Waals surface area contributed by atoms with Crippen molar-refractivity contribution in [3.8, 4) is 0 Å². The third kappa shape index (κ3) is 2.60. The van der Waals surface area contributed by atoms with Gasteiger partial charge in [0.15, 0.2) is 0 Å². The fourth-order valence-electron chi connectivity index (χ4n) is 2.13.